The van der Waals surface area contributed by atoms with Gasteiger partial charge in [-0.05, 0) is 30.7 Å². The van der Waals surface area contributed by atoms with Crippen molar-refractivity contribution in [1.82, 2.24) is 19.3 Å². The molecule has 3 amide bonds. The summed E-state index contributed by atoms with van der Waals surface area (Å²) in [5.74, 6) is -0.0255. The van der Waals surface area contributed by atoms with Gasteiger partial charge in [-0.15, -0.1) is 0 Å². The van der Waals surface area contributed by atoms with E-state index in [0.29, 0.717) is 36.8 Å². The molecule has 2 aromatic carbocycles. The fourth-order valence-corrected chi connectivity index (χ4v) is 4.36. The Balaban J connectivity index is 1.69. The second kappa shape index (κ2) is 9.09. The van der Waals surface area contributed by atoms with Crippen molar-refractivity contribution in [3.8, 4) is 16.9 Å². The van der Waals surface area contributed by atoms with Gasteiger partial charge in [-0.1, -0.05) is 54.1 Å². The molecule has 0 radical (unpaired) electrons. The number of halogens is 1. The summed E-state index contributed by atoms with van der Waals surface area (Å²) in [7, 11) is 3.48. The molecule has 1 aromatic heterocycles. The lowest BCUT2D eigenvalue weighted by molar-refractivity contribution is 0.0649. The van der Waals surface area contributed by atoms with Crippen molar-refractivity contribution in [3.63, 3.8) is 0 Å². The molecule has 32 heavy (non-hydrogen) atoms. The van der Waals surface area contributed by atoms with E-state index in [1.165, 1.54) is 0 Å². The first-order valence-corrected chi connectivity index (χ1v) is 11.0. The number of hydrogen-bond acceptors (Lipinski definition) is 2. The van der Waals surface area contributed by atoms with Crippen LogP contribution in [0, 0.1) is 6.92 Å². The van der Waals surface area contributed by atoms with Crippen LogP contribution in [0.4, 0.5) is 4.79 Å². The second-order valence-electron chi connectivity index (χ2n) is 8.14. The fourth-order valence-electron chi connectivity index (χ4n) is 4.14. The highest BCUT2D eigenvalue weighted by Crippen LogP contribution is 2.33. The minimum absolute atomic E-state index is 0.0236. The molecule has 3 aromatic rings. The Morgan fingerprint density at radius 3 is 2.09 bits per heavy atom. The van der Waals surface area contributed by atoms with E-state index in [9.17, 15) is 9.59 Å². The topological polar surface area (TPSA) is 48.8 Å². The van der Waals surface area contributed by atoms with Crippen LogP contribution in [0.1, 0.15) is 16.1 Å². The van der Waals surface area contributed by atoms with Crippen molar-refractivity contribution < 1.29 is 9.59 Å². The maximum absolute atomic E-state index is 13.5. The molecule has 1 aliphatic heterocycles. The van der Waals surface area contributed by atoms with Gasteiger partial charge in [-0.3, -0.25) is 4.79 Å². The first-order chi connectivity index (χ1) is 15.4. The molecule has 6 nitrogen and oxygen atoms in total. The number of carbonyl (C=O) groups excluding carboxylic acids is 2. The first-order valence-electron chi connectivity index (χ1n) is 10.7. The van der Waals surface area contributed by atoms with Gasteiger partial charge in [0.1, 0.15) is 0 Å². The van der Waals surface area contributed by atoms with Gasteiger partial charge >= 0.3 is 6.03 Å². The third-order valence-corrected chi connectivity index (χ3v) is 6.18. The molecule has 7 heteroatoms. The molecule has 166 valence electrons. The fraction of sp³-hybridized carbons (Fsp3) is 0.280. The maximum Gasteiger partial charge on any atom is 0.319 e. The quantitative estimate of drug-likeness (QED) is 0.588. The molecule has 2 heterocycles. The molecule has 0 spiro atoms. The molecular weight excluding hydrogens is 424 g/mol. The Kier molecular flexibility index (Phi) is 6.24. The summed E-state index contributed by atoms with van der Waals surface area (Å²) in [4.78, 5) is 30.9. The van der Waals surface area contributed by atoms with E-state index in [1.54, 1.807) is 23.9 Å². The Labute approximate surface area is 193 Å². The van der Waals surface area contributed by atoms with Crippen LogP contribution in [-0.2, 0) is 0 Å². The molecule has 1 saturated heterocycles. The summed E-state index contributed by atoms with van der Waals surface area (Å²) in [5.41, 5.74) is 4.26. The van der Waals surface area contributed by atoms with Crippen molar-refractivity contribution in [2.24, 2.45) is 0 Å². The number of rotatable bonds is 3. The smallest absolute Gasteiger partial charge is 0.319 e. The summed E-state index contributed by atoms with van der Waals surface area (Å²) >= 11 is 6.54. The van der Waals surface area contributed by atoms with E-state index in [2.05, 4.69) is 4.57 Å². The lowest BCUT2D eigenvalue weighted by Gasteiger charge is -2.36. The highest BCUT2D eigenvalue weighted by Gasteiger charge is 2.28. The summed E-state index contributed by atoms with van der Waals surface area (Å²) < 4.78 is 2.05. The molecule has 4 rings (SSSR count). The monoisotopic (exact) mass is 450 g/mol. The summed E-state index contributed by atoms with van der Waals surface area (Å²) in [5, 5.41) is 0.623. The first kappa shape index (κ1) is 22.0. The average molecular weight is 451 g/mol. The average Bonchev–Trinajstić information content (AvgIpc) is 3.16. The van der Waals surface area contributed by atoms with Crippen LogP contribution in [0.3, 0.4) is 0 Å². The molecule has 0 saturated carbocycles. The van der Waals surface area contributed by atoms with E-state index < -0.39 is 0 Å². The number of benzene rings is 2. The third-order valence-electron chi connectivity index (χ3n) is 5.86. The van der Waals surface area contributed by atoms with Crippen LogP contribution >= 0.6 is 11.6 Å². The molecule has 0 atom stereocenters. The van der Waals surface area contributed by atoms with Gasteiger partial charge in [0.2, 0.25) is 0 Å². The van der Waals surface area contributed by atoms with Crippen molar-refractivity contribution in [2.75, 3.05) is 40.3 Å². The number of hydrogen-bond donors (Lipinski definition) is 0. The van der Waals surface area contributed by atoms with Gasteiger partial charge < -0.3 is 19.3 Å². The van der Waals surface area contributed by atoms with Crippen LogP contribution < -0.4 is 0 Å². The van der Waals surface area contributed by atoms with Crippen LogP contribution in [0.5, 0.6) is 0 Å². The zero-order valence-corrected chi connectivity index (χ0v) is 19.3. The molecule has 0 aliphatic carbocycles. The van der Waals surface area contributed by atoms with E-state index in [0.717, 1.165) is 22.6 Å². The highest BCUT2D eigenvalue weighted by atomic mass is 35.5. The van der Waals surface area contributed by atoms with Crippen LogP contribution in [-0.4, -0.2) is 71.5 Å². The zero-order valence-electron chi connectivity index (χ0n) is 18.6. The number of piperazine rings is 1. The van der Waals surface area contributed by atoms with E-state index >= 15 is 0 Å². The standard InChI is InChI=1S/C25H27ClN4O2/c1-18-20(24(31)28-13-15-29(16-14-28)25(32)27(2)3)17-23(19-9-5-4-6-10-19)30(18)22-12-8-7-11-21(22)26/h4-12,17H,13-16H2,1-3H3. The molecule has 0 bridgehead atoms. The third kappa shape index (κ3) is 4.10. The van der Waals surface area contributed by atoms with Crippen LogP contribution in [0.2, 0.25) is 5.02 Å². The molecule has 1 fully saturated rings. The summed E-state index contributed by atoms with van der Waals surface area (Å²) in [6.45, 7) is 4.03. The van der Waals surface area contributed by atoms with Gasteiger partial charge in [0.25, 0.3) is 5.91 Å². The minimum atomic E-state index is -0.0255. The Morgan fingerprint density at radius 2 is 1.47 bits per heavy atom. The second-order valence-corrected chi connectivity index (χ2v) is 8.54. The lowest BCUT2D eigenvalue weighted by atomic mass is 10.1. The number of nitrogens with zero attached hydrogens (tertiary/aromatic N) is 4. The SMILES string of the molecule is Cc1c(C(=O)N2CCN(C(=O)N(C)C)CC2)cc(-c2ccccc2)n1-c1ccccc1Cl. The van der Waals surface area contributed by atoms with Gasteiger partial charge in [0, 0.05) is 46.0 Å². The zero-order chi connectivity index (χ0) is 22.8. The largest absolute Gasteiger partial charge is 0.335 e. The molecule has 0 unspecified atom stereocenters. The summed E-state index contributed by atoms with van der Waals surface area (Å²) in [6.07, 6.45) is 0. The number of amides is 3. The highest BCUT2D eigenvalue weighted by molar-refractivity contribution is 6.32. The predicted molar refractivity (Wildman–Crippen MR) is 128 cm³/mol. The minimum Gasteiger partial charge on any atom is -0.335 e. The number of carbonyl (C=O) groups is 2. The predicted octanol–water partition coefficient (Wildman–Crippen LogP) is 4.55. The Morgan fingerprint density at radius 1 is 0.875 bits per heavy atom. The molecule has 0 N–H and O–H groups in total. The van der Waals surface area contributed by atoms with Gasteiger partial charge in [-0.25, -0.2) is 4.79 Å². The van der Waals surface area contributed by atoms with E-state index in [-0.39, 0.29) is 11.9 Å². The van der Waals surface area contributed by atoms with E-state index in [4.69, 9.17) is 11.6 Å². The van der Waals surface area contributed by atoms with Crippen molar-refractivity contribution in [2.45, 2.75) is 6.92 Å². The molecular formula is C25H27ClN4O2. The number of urea groups is 1. The number of aromatic nitrogens is 1. The van der Waals surface area contributed by atoms with Gasteiger partial charge in [0.15, 0.2) is 0 Å². The van der Waals surface area contributed by atoms with Crippen molar-refractivity contribution >= 4 is 23.5 Å². The van der Waals surface area contributed by atoms with E-state index in [1.807, 2.05) is 72.5 Å². The Hall–Kier alpha value is -3.25. The molecule has 1 aliphatic rings. The lowest BCUT2D eigenvalue weighted by Crippen LogP contribution is -2.52. The maximum atomic E-state index is 13.5. The summed E-state index contributed by atoms with van der Waals surface area (Å²) in [6, 6.07) is 19.6. The van der Waals surface area contributed by atoms with Crippen molar-refractivity contribution in [3.05, 3.63) is 76.9 Å². The van der Waals surface area contributed by atoms with Gasteiger partial charge in [0.05, 0.1) is 22.0 Å². The number of para-hydroxylation sites is 1. The van der Waals surface area contributed by atoms with Gasteiger partial charge in [-0.2, -0.15) is 0 Å². The van der Waals surface area contributed by atoms with Crippen molar-refractivity contribution in [1.29, 1.82) is 0 Å². The Bertz CT molecular complexity index is 1130. The van der Waals surface area contributed by atoms with Crippen LogP contribution in [0.15, 0.2) is 60.7 Å². The normalized spacial score (nSPS) is 13.9. The van der Waals surface area contributed by atoms with Crippen LogP contribution in [0.25, 0.3) is 16.9 Å².